The van der Waals surface area contributed by atoms with Crippen LogP contribution in [0.4, 0.5) is 15.8 Å². The summed E-state index contributed by atoms with van der Waals surface area (Å²) < 4.78 is 13.4. The Morgan fingerprint density at radius 3 is 2.53 bits per heavy atom. The molecule has 1 aromatic rings. The molecule has 6 nitrogen and oxygen atoms in total. The van der Waals surface area contributed by atoms with Crippen LogP contribution in [0.1, 0.15) is 24.2 Å². The molecule has 0 heterocycles. The molecule has 0 aliphatic carbocycles. The monoisotopic (exact) mass is 242 g/mol. The fraction of sp³-hybridized carbons (Fsp3) is 0.300. The van der Waals surface area contributed by atoms with Crippen LogP contribution in [-0.2, 0) is 0 Å². The molecule has 0 bridgehead atoms. The fourth-order valence-corrected chi connectivity index (χ4v) is 1.30. The van der Waals surface area contributed by atoms with Gasteiger partial charge in [0, 0.05) is 18.2 Å². The van der Waals surface area contributed by atoms with Crippen LogP contribution in [-0.4, -0.2) is 22.0 Å². The van der Waals surface area contributed by atoms with Crippen LogP contribution in [0.2, 0.25) is 0 Å². The van der Waals surface area contributed by atoms with E-state index in [-0.39, 0.29) is 11.7 Å². The van der Waals surface area contributed by atoms with Gasteiger partial charge in [-0.1, -0.05) is 0 Å². The molecule has 0 spiro atoms. The molecule has 0 atom stereocenters. The lowest BCUT2D eigenvalue weighted by Gasteiger charge is -2.11. The molecule has 0 saturated carbocycles. The second-order valence-corrected chi connectivity index (χ2v) is 3.71. The number of benzene rings is 1. The van der Waals surface area contributed by atoms with E-state index in [4.69, 9.17) is 5.11 Å². The minimum atomic E-state index is -1.54. The van der Waals surface area contributed by atoms with Gasteiger partial charge < -0.3 is 10.4 Å². The first-order valence-corrected chi connectivity index (χ1v) is 4.80. The van der Waals surface area contributed by atoms with E-state index in [0.29, 0.717) is 6.07 Å². The third-order valence-electron chi connectivity index (χ3n) is 1.96. The molecule has 92 valence electrons. The van der Waals surface area contributed by atoms with Crippen molar-refractivity contribution in [3.63, 3.8) is 0 Å². The van der Waals surface area contributed by atoms with E-state index in [1.165, 1.54) is 0 Å². The Bertz CT molecular complexity index is 474. The highest BCUT2D eigenvalue weighted by atomic mass is 19.1. The van der Waals surface area contributed by atoms with Crippen LogP contribution < -0.4 is 5.32 Å². The molecule has 1 rings (SSSR count). The Labute approximate surface area is 96.2 Å². The lowest BCUT2D eigenvalue weighted by Crippen LogP contribution is -2.13. The number of nitrogens with zero attached hydrogens (tertiary/aromatic N) is 1. The van der Waals surface area contributed by atoms with Gasteiger partial charge in [0.05, 0.1) is 4.92 Å². The van der Waals surface area contributed by atoms with Gasteiger partial charge >= 0.3 is 5.97 Å². The number of nitrogens with one attached hydrogen (secondary N) is 1. The lowest BCUT2D eigenvalue weighted by molar-refractivity contribution is -0.384. The maximum absolute atomic E-state index is 13.4. The minimum absolute atomic E-state index is 0.0347. The Morgan fingerprint density at radius 2 is 2.12 bits per heavy atom. The standard InChI is InChI=1S/C10H11FN2O4/c1-5(2)12-8-4-7(11)6(10(14)15)3-9(8)13(16)17/h3-5,12H,1-2H3,(H,14,15). The molecule has 0 amide bonds. The summed E-state index contributed by atoms with van der Waals surface area (Å²) in [4.78, 5) is 20.6. The van der Waals surface area contributed by atoms with E-state index in [9.17, 15) is 19.3 Å². The topological polar surface area (TPSA) is 92.5 Å². The lowest BCUT2D eigenvalue weighted by atomic mass is 10.1. The van der Waals surface area contributed by atoms with E-state index >= 15 is 0 Å². The van der Waals surface area contributed by atoms with Crippen molar-refractivity contribution in [3.05, 3.63) is 33.6 Å². The van der Waals surface area contributed by atoms with Crippen LogP contribution in [0.25, 0.3) is 0 Å². The summed E-state index contributed by atoms with van der Waals surface area (Å²) in [5, 5.41) is 22.1. The number of aromatic carboxylic acids is 1. The zero-order valence-corrected chi connectivity index (χ0v) is 9.23. The first-order chi connectivity index (χ1) is 7.82. The van der Waals surface area contributed by atoms with Crippen molar-refractivity contribution in [3.8, 4) is 0 Å². The quantitative estimate of drug-likeness (QED) is 0.624. The molecule has 0 aliphatic rings. The third kappa shape index (κ3) is 2.90. The largest absolute Gasteiger partial charge is 0.478 e. The Hall–Kier alpha value is -2.18. The molecular formula is C10H11FN2O4. The highest BCUT2D eigenvalue weighted by Gasteiger charge is 2.22. The molecule has 2 N–H and O–H groups in total. The predicted octanol–water partition coefficient (Wildman–Crippen LogP) is 2.25. The molecule has 7 heteroatoms. The summed E-state index contributed by atoms with van der Waals surface area (Å²) in [7, 11) is 0. The van der Waals surface area contributed by atoms with Crippen molar-refractivity contribution < 1.29 is 19.2 Å². The van der Waals surface area contributed by atoms with Crippen LogP contribution in [0.3, 0.4) is 0 Å². The molecule has 1 aromatic carbocycles. The Kier molecular flexibility index (Phi) is 3.62. The molecule has 17 heavy (non-hydrogen) atoms. The molecule has 0 radical (unpaired) electrons. The molecule has 0 aromatic heterocycles. The van der Waals surface area contributed by atoms with Crippen LogP contribution in [0.15, 0.2) is 12.1 Å². The summed E-state index contributed by atoms with van der Waals surface area (Å²) in [6, 6.07) is 1.40. The highest BCUT2D eigenvalue weighted by Crippen LogP contribution is 2.28. The number of rotatable bonds is 4. The van der Waals surface area contributed by atoms with Crippen molar-refractivity contribution in [1.29, 1.82) is 0 Å². The SMILES string of the molecule is CC(C)Nc1cc(F)c(C(=O)O)cc1[N+](=O)[O-]. The normalized spacial score (nSPS) is 10.4. The summed E-state index contributed by atoms with van der Waals surface area (Å²) in [6.45, 7) is 3.46. The summed E-state index contributed by atoms with van der Waals surface area (Å²) in [5.41, 5.74) is -1.21. The van der Waals surface area contributed by atoms with E-state index in [1.54, 1.807) is 13.8 Å². The number of carbonyl (C=O) groups is 1. The molecule has 0 aliphatic heterocycles. The maximum atomic E-state index is 13.4. The van der Waals surface area contributed by atoms with Gasteiger partial charge in [0.15, 0.2) is 0 Å². The van der Waals surface area contributed by atoms with Gasteiger partial charge in [-0.15, -0.1) is 0 Å². The van der Waals surface area contributed by atoms with Crippen molar-refractivity contribution in [2.75, 3.05) is 5.32 Å². The first-order valence-electron chi connectivity index (χ1n) is 4.80. The Balaban J connectivity index is 3.35. The van der Waals surface area contributed by atoms with E-state index in [0.717, 1.165) is 6.07 Å². The number of carboxylic acids is 1. The van der Waals surface area contributed by atoms with Crippen LogP contribution >= 0.6 is 0 Å². The number of nitro benzene ring substituents is 1. The van der Waals surface area contributed by atoms with Gasteiger partial charge in [0.25, 0.3) is 5.69 Å². The summed E-state index contributed by atoms with van der Waals surface area (Å²) in [5.74, 6) is -2.55. The average Bonchev–Trinajstić information content (AvgIpc) is 2.15. The van der Waals surface area contributed by atoms with Crippen LogP contribution in [0, 0.1) is 15.9 Å². The van der Waals surface area contributed by atoms with Crippen molar-refractivity contribution in [2.45, 2.75) is 19.9 Å². The fourth-order valence-electron chi connectivity index (χ4n) is 1.30. The third-order valence-corrected chi connectivity index (χ3v) is 1.96. The number of anilines is 1. The molecule has 0 saturated heterocycles. The van der Waals surface area contributed by atoms with E-state index < -0.39 is 28.0 Å². The summed E-state index contributed by atoms with van der Waals surface area (Å²) in [6.07, 6.45) is 0. The van der Waals surface area contributed by atoms with Crippen LogP contribution in [0.5, 0.6) is 0 Å². The van der Waals surface area contributed by atoms with Gasteiger partial charge in [-0.2, -0.15) is 0 Å². The molecular weight excluding hydrogens is 231 g/mol. The van der Waals surface area contributed by atoms with Crippen molar-refractivity contribution >= 4 is 17.3 Å². The van der Waals surface area contributed by atoms with Gasteiger partial charge in [0.2, 0.25) is 0 Å². The van der Waals surface area contributed by atoms with Gasteiger partial charge in [-0.05, 0) is 13.8 Å². The van der Waals surface area contributed by atoms with Gasteiger partial charge in [0.1, 0.15) is 17.1 Å². The highest BCUT2D eigenvalue weighted by molar-refractivity contribution is 5.90. The van der Waals surface area contributed by atoms with Gasteiger partial charge in [-0.3, -0.25) is 10.1 Å². The smallest absolute Gasteiger partial charge is 0.338 e. The zero-order chi connectivity index (χ0) is 13.2. The average molecular weight is 242 g/mol. The first kappa shape index (κ1) is 12.9. The number of carboxylic acid groups (broad SMARTS) is 1. The second-order valence-electron chi connectivity index (χ2n) is 3.71. The number of nitro groups is 1. The second kappa shape index (κ2) is 4.77. The van der Waals surface area contributed by atoms with Gasteiger partial charge in [-0.25, -0.2) is 9.18 Å². The number of hydrogen-bond acceptors (Lipinski definition) is 4. The minimum Gasteiger partial charge on any atom is -0.478 e. The van der Waals surface area contributed by atoms with Crippen molar-refractivity contribution in [1.82, 2.24) is 0 Å². The zero-order valence-electron chi connectivity index (χ0n) is 9.23. The number of halogens is 1. The predicted molar refractivity (Wildman–Crippen MR) is 58.8 cm³/mol. The Morgan fingerprint density at radius 1 is 1.53 bits per heavy atom. The molecule has 0 unspecified atom stereocenters. The van der Waals surface area contributed by atoms with Crippen molar-refractivity contribution in [2.24, 2.45) is 0 Å². The number of hydrogen-bond donors (Lipinski definition) is 2. The summed E-state index contributed by atoms with van der Waals surface area (Å²) >= 11 is 0. The molecule has 0 fully saturated rings. The van der Waals surface area contributed by atoms with E-state index in [2.05, 4.69) is 5.32 Å². The van der Waals surface area contributed by atoms with E-state index in [1.807, 2.05) is 0 Å². The maximum Gasteiger partial charge on any atom is 0.338 e.